The number of hydrogen-bond acceptors (Lipinski definition) is 5. The summed E-state index contributed by atoms with van der Waals surface area (Å²) in [5, 5.41) is 0. The first-order chi connectivity index (χ1) is 9.87. The summed E-state index contributed by atoms with van der Waals surface area (Å²) >= 11 is 0. The highest BCUT2D eigenvalue weighted by Gasteiger charge is 2.27. The van der Waals surface area contributed by atoms with Gasteiger partial charge in [0.05, 0.1) is 19.8 Å². The molecule has 0 fully saturated rings. The molecule has 1 rings (SSSR count). The topological polar surface area (TPSA) is 84.5 Å². The van der Waals surface area contributed by atoms with Crippen molar-refractivity contribution in [3.05, 3.63) is 23.4 Å². The van der Waals surface area contributed by atoms with Gasteiger partial charge in [0, 0.05) is 5.70 Å². The second-order valence-corrected chi connectivity index (χ2v) is 6.85. The molecule has 0 aliphatic heterocycles. The Morgan fingerprint density at radius 2 is 2.14 bits per heavy atom. The van der Waals surface area contributed by atoms with E-state index >= 15 is 0 Å². The van der Waals surface area contributed by atoms with Crippen LogP contribution in [-0.2, 0) is 19.6 Å². The highest BCUT2D eigenvalue weighted by Crippen LogP contribution is 2.35. The maximum absolute atomic E-state index is 11.5. The number of ether oxygens (including phenoxy) is 1. The Kier molecular flexibility index (Phi) is 6.91. The van der Waals surface area contributed by atoms with Crippen molar-refractivity contribution < 1.29 is 17.9 Å². The predicted molar refractivity (Wildman–Crippen MR) is 81.5 cm³/mol. The fourth-order valence-electron chi connectivity index (χ4n) is 2.37. The van der Waals surface area contributed by atoms with Crippen molar-refractivity contribution in [2.24, 2.45) is 5.92 Å². The molecule has 6 nitrogen and oxygen atoms in total. The zero-order valence-electron chi connectivity index (χ0n) is 12.8. The number of hydrogen-bond donors (Lipinski definition) is 2. The molecule has 0 saturated heterocycles. The third-order valence-corrected chi connectivity index (χ3v) is 3.86. The monoisotopic (exact) mass is 316 g/mol. The van der Waals surface area contributed by atoms with Gasteiger partial charge in [-0.15, -0.1) is 4.83 Å². The maximum atomic E-state index is 11.5. The Morgan fingerprint density at radius 3 is 2.71 bits per heavy atom. The Morgan fingerprint density at radius 1 is 1.43 bits per heavy atom. The Labute approximate surface area is 126 Å². The van der Waals surface area contributed by atoms with Gasteiger partial charge in [0.15, 0.2) is 0 Å². The lowest BCUT2D eigenvalue weighted by Crippen LogP contribution is -2.35. The van der Waals surface area contributed by atoms with Crippen molar-refractivity contribution in [3.63, 3.8) is 0 Å². The lowest BCUT2D eigenvalue weighted by atomic mass is 9.95. The minimum atomic E-state index is -3.31. The van der Waals surface area contributed by atoms with Gasteiger partial charge in [-0.1, -0.05) is 19.1 Å². The van der Waals surface area contributed by atoms with E-state index in [2.05, 4.69) is 23.3 Å². The summed E-state index contributed by atoms with van der Waals surface area (Å²) in [5.41, 5.74) is 4.70. The minimum absolute atomic E-state index is 0.0998. The Bertz CT molecular complexity index is 523. The van der Waals surface area contributed by atoms with E-state index in [-0.39, 0.29) is 11.9 Å². The van der Waals surface area contributed by atoms with Gasteiger partial charge in [0.25, 0.3) is 0 Å². The van der Waals surface area contributed by atoms with E-state index in [0.29, 0.717) is 12.8 Å². The van der Waals surface area contributed by atoms with Gasteiger partial charge >= 0.3 is 5.97 Å². The van der Waals surface area contributed by atoms with E-state index in [1.807, 2.05) is 6.08 Å². The average Bonchev–Trinajstić information content (AvgIpc) is 2.78. The summed E-state index contributed by atoms with van der Waals surface area (Å²) in [6, 6.07) is 0. The van der Waals surface area contributed by atoms with Crippen LogP contribution in [0.5, 0.6) is 0 Å². The third kappa shape index (κ3) is 6.31. The van der Waals surface area contributed by atoms with Gasteiger partial charge in [-0.05, 0) is 37.2 Å². The van der Waals surface area contributed by atoms with Gasteiger partial charge in [0.2, 0.25) is 10.0 Å². The van der Waals surface area contributed by atoms with Crippen molar-refractivity contribution >= 4 is 16.0 Å². The average molecular weight is 316 g/mol. The Balaban J connectivity index is 2.83. The number of methoxy groups -OCH3 is 1. The zero-order valence-corrected chi connectivity index (χ0v) is 13.6. The normalized spacial score (nSPS) is 19.3. The molecular formula is C14H24N2O4S. The first kappa shape index (κ1) is 17.7. The van der Waals surface area contributed by atoms with Crippen LogP contribution in [-0.4, -0.2) is 27.8 Å². The van der Waals surface area contributed by atoms with Crippen LogP contribution >= 0.6 is 0 Å². The molecule has 120 valence electrons. The maximum Gasteiger partial charge on any atom is 0.306 e. The molecule has 7 heteroatoms. The third-order valence-electron chi connectivity index (χ3n) is 3.39. The molecule has 1 aliphatic rings. The summed E-state index contributed by atoms with van der Waals surface area (Å²) in [6.45, 7) is 2.05. The van der Waals surface area contributed by atoms with E-state index in [4.69, 9.17) is 4.74 Å². The quantitative estimate of drug-likeness (QED) is 0.404. The van der Waals surface area contributed by atoms with Gasteiger partial charge in [0.1, 0.15) is 0 Å². The fraction of sp³-hybridized carbons (Fsp3) is 0.643. The van der Waals surface area contributed by atoms with E-state index < -0.39 is 10.0 Å². The standard InChI is InChI=1S/C14H24N2O4S/c1-4-5-6-7-12-11(10-14(17)20-2)8-9-13(12)15-16-21(3,18)19/h5-6,11,15-16H,4,7-10H2,1-3H3. The van der Waals surface area contributed by atoms with Crippen LogP contribution in [0.1, 0.15) is 39.0 Å². The van der Waals surface area contributed by atoms with Crippen molar-refractivity contribution in [1.29, 1.82) is 0 Å². The number of sulfonamides is 1. The second kappa shape index (κ2) is 8.19. The first-order valence-corrected chi connectivity index (χ1v) is 8.93. The van der Waals surface area contributed by atoms with E-state index in [1.54, 1.807) is 0 Å². The summed E-state index contributed by atoms with van der Waals surface area (Å²) in [6.07, 6.45) is 8.73. The number of allylic oxidation sites excluding steroid dienone is 4. The molecule has 1 unspecified atom stereocenters. The number of rotatable bonds is 8. The lowest BCUT2D eigenvalue weighted by molar-refractivity contribution is -0.141. The highest BCUT2D eigenvalue weighted by molar-refractivity contribution is 7.88. The van der Waals surface area contributed by atoms with Crippen LogP contribution in [0.4, 0.5) is 0 Å². The molecule has 0 aromatic rings. The van der Waals surface area contributed by atoms with E-state index in [9.17, 15) is 13.2 Å². The van der Waals surface area contributed by atoms with Crippen molar-refractivity contribution in [1.82, 2.24) is 10.3 Å². The number of nitrogens with one attached hydrogen (secondary N) is 2. The highest BCUT2D eigenvalue weighted by atomic mass is 32.2. The molecule has 21 heavy (non-hydrogen) atoms. The zero-order chi connectivity index (χ0) is 15.9. The number of carbonyl (C=O) groups excluding carboxylic acids is 1. The number of hydrazine groups is 1. The largest absolute Gasteiger partial charge is 0.469 e. The molecule has 0 amide bonds. The molecule has 0 saturated carbocycles. The van der Waals surface area contributed by atoms with E-state index in [0.717, 1.165) is 36.8 Å². The molecule has 0 radical (unpaired) electrons. The summed E-state index contributed by atoms with van der Waals surface area (Å²) in [5.74, 6) is -0.142. The van der Waals surface area contributed by atoms with Gasteiger partial charge in [-0.25, -0.2) is 8.42 Å². The summed E-state index contributed by atoms with van der Waals surface area (Å²) in [7, 11) is -1.93. The summed E-state index contributed by atoms with van der Waals surface area (Å²) in [4.78, 5) is 13.8. The molecule has 0 spiro atoms. The molecule has 1 aliphatic carbocycles. The molecule has 2 N–H and O–H groups in total. The van der Waals surface area contributed by atoms with Gasteiger partial charge < -0.3 is 10.2 Å². The smallest absolute Gasteiger partial charge is 0.306 e. The van der Waals surface area contributed by atoms with Crippen LogP contribution in [0.3, 0.4) is 0 Å². The van der Waals surface area contributed by atoms with Crippen molar-refractivity contribution in [2.75, 3.05) is 13.4 Å². The van der Waals surface area contributed by atoms with Gasteiger partial charge in [-0.3, -0.25) is 4.79 Å². The fourth-order valence-corrected chi connectivity index (χ4v) is 2.68. The van der Waals surface area contributed by atoms with Crippen LogP contribution in [0.15, 0.2) is 23.4 Å². The van der Waals surface area contributed by atoms with Crippen LogP contribution < -0.4 is 10.3 Å². The van der Waals surface area contributed by atoms with Crippen LogP contribution in [0.2, 0.25) is 0 Å². The van der Waals surface area contributed by atoms with Crippen molar-refractivity contribution in [2.45, 2.75) is 39.0 Å². The molecule has 0 aromatic heterocycles. The van der Waals surface area contributed by atoms with Gasteiger partial charge in [-0.2, -0.15) is 0 Å². The van der Waals surface area contributed by atoms with Crippen LogP contribution in [0.25, 0.3) is 0 Å². The van der Waals surface area contributed by atoms with Crippen LogP contribution in [0, 0.1) is 5.92 Å². The second-order valence-electron chi connectivity index (χ2n) is 5.10. The number of esters is 1. The Hall–Kier alpha value is -1.34. The van der Waals surface area contributed by atoms with E-state index in [1.165, 1.54) is 7.11 Å². The molecule has 0 bridgehead atoms. The molecular weight excluding hydrogens is 292 g/mol. The number of carbonyl (C=O) groups is 1. The molecule has 1 atom stereocenters. The first-order valence-electron chi connectivity index (χ1n) is 7.03. The minimum Gasteiger partial charge on any atom is -0.469 e. The summed E-state index contributed by atoms with van der Waals surface area (Å²) < 4.78 is 27.1. The predicted octanol–water partition coefficient (Wildman–Crippen LogP) is 1.62. The molecule has 0 heterocycles. The molecule has 0 aromatic carbocycles. The van der Waals surface area contributed by atoms with Crippen molar-refractivity contribution in [3.8, 4) is 0 Å². The SMILES string of the molecule is CCC=CCC1=C(NNS(C)(=O)=O)CCC1CC(=O)OC. The lowest BCUT2D eigenvalue weighted by Gasteiger charge is -2.14.